The Hall–Kier alpha value is -0.0800. The van der Waals surface area contributed by atoms with Gasteiger partial charge in [-0.15, -0.1) is 0 Å². The molecule has 2 nitrogen and oxygen atoms in total. The first kappa shape index (κ1) is 9.47. The third kappa shape index (κ3) is 2.23. The molecule has 0 heterocycles. The lowest BCUT2D eigenvalue weighted by molar-refractivity contribution is -0.0921. The largest absolute Gasteiger partial charge is 0.359 e. The maximum Gasteiger partial charge on any atom is 0.146 e. The van der Waals surface area contributed by atoms with Gasteiger partial charge in [0.05, 0.1) is 6.10 Å². The minimum atomic E-state index is 0.474. The Morgan fingerprint density at radius 3 is 2.77 bits per heavy atom. The highest BCUT2D eigenvalue weighted by molar-refractivity contribution is 4.84. The Bertz CT molecular complexity index is 158. The summed E-state index contributed by atoms with van der Waals surface area (Å²) in [7, 11) is 1.70. The molecule has 0 aromatic heterocycles. The molecule has 0 N–H and O–H groups in total. The number of ether oxygens (including phenoxy) is 2. The first-order valence-electron chi connectivity index (χ1n) is 5.50. The van der Waals surface area contributed by atoms with Crippen molar-refractivity contribution in [3.8, 4) is 0 Å². The van der Waals surface area contributed by atoms with Crippen LogP contribution in [0.1, 0.15) is 38.5 Å². The van der Waals surface area contributed by atoms with Crippen LogP contribution in [0.15, 0.2) is 0 Å². The average Bonchev–Trinajstić information content (AvgIpc) is 2.61. The number of fused-ring (bicyclic) bond motifs is 1. The quantitative estimate of drug-likeness (QED) is 0.628. The number of rotatable bonds is 3. The van der Waals surface area contributed by atoms with Gasteiger partial charge in [-0.1, -0.05) is 19.3 Å². The summed E-state index contributed by atoms with van der Waals surface area (Å²) < 4.78 is 10.6. The van der Waals surface area contributed by atoms with Crippen molar-refractivity contribution >= 4 is 0 Å². The van der Waals surface area contributed by atoms with E-state index in [0.717, 1.165) is 11.8 Å². The van der Waals surface area contributed by atoms with Crippen LogP contribution in [0.3, 0.4) is 0 Å². The molecule has 0 spiro atoms. The summed E-state index contributed by atoms with van der Waals surface area (Å²) in [6.07, 6.45) is 8.78. The highest BCUT2D eigenvalue weighted by Crippen LogP contribution is 2.42. The Morgan fingerprint density at radius 2 is 1.92 bits per heavy atom. The minimum Gasteiger partial charge on any atom is -0.359 e. The van der Waals surface area contributed by atoms with Gasteiger partial charge in [-0.25, -0.2) is 0 Å². The van der Waals surface area contributed by atoms with Crippen molar-refractivity contribution in [1.29, 1.82) is 0 Å². The Kier molecular flexibility index (Phi) is 3.23. The summed E-state index contributed by atoms with van der Waals surface area (Å²) in [6.45, 7) is 0.474. The molecule has 76 valence electrons. The zero-order chi connectivity index (χ0) is 9.10. The van der Waals surface area contributed by atoms with Crippen molar-refractivity contribution in [2.45, 2.75) is 44.6 Å². The van der Waals surface area contributed by atoms with E-state index in [9.17, 15) is 0 Å². The van der Waals surface area contributed by atoms with E-state index in [1.165, 1.54) is 38.5 Å². The normalized spacial score (nSPS) is 39.0. The predicted octanol–water partition coefficient (Wildman–Crippen LogP) is 2.58. The van der Waals surface area contributed by atoms with Crippen molar-refractivity contribution < 1.29 is 9.47 Å². The second-order valence-corrected chi connectivity index (χ2v) is 4.46. The SMILES string of the molecule is COCO[C@@H]1CCC2CCCC2C1. The number of hydrogen-bond donors (Lipinski definition) is 0. The first-order valence-corrected chi connectivity index (χ1v) is 5.50. The van der Waals surface area contributed by atoms with E-state index in [1.54, 1.807) is 7.11 Å². The van der Waals surface area contributed by atoms with Crippen LogP contribution in [-0.4, -0.2) is 20.0 Å². The summed E-state index contributed by atoms with van der Waals surface area (Å²) in [5.41, 5.74) is 0. The number of hydrogen-bond acceptors (Lipinski definition) is 2. The molecule has 2 unspecified atom stereocenters. The summed E-state index contributed by atoms with van der Waals surface area (Å²) in [5.74, 6) is 2.00. The molecule has 0 bridgehead atoms. The van der Waals surface area contributed by atoms with Gasteiger partial charge in [-0.2, -0.15) is 0 Å². The summed E-state index contributed by atoms with van der Waals surface area (Å²) in [4.78, 5) is 0. The molecule has 0 amide bonds. The van der Waals surface area contributed by atoms with Crippen LogP contribution < -0.4 is 0 Å². The lowest BCUT2D eigenvalue weighted by Gasteiger charge is -2.31. The van der Waals surface area contributed by atoms with Crippen molar-refractivity contribution in [3.05, 3.63) is 0 Å². The maximum absolute atomic E-state index is 5.62. The maximum atomic E-state index is 5.62. The van der Waals surface area contributed by atoms with E-state index >= 15 is 0 Å². The highest BCUT2D eigenvalue weighted by atomic mass is 16.7. The molecule has 2 fully saturated rings. The van der Waals surface area contributed by atoms with Gasteiger partial charge in [0, 0.05) is 7.11 Å². The van der Waals surface area contributed by atoms with E-state index in [1.807, 2.05) is 0 Å². The van der Waals surface area contributed by atoms with Gasteiger partial charge in [-0.05, 0) is 31.1 Å². The molecule has 0 saturated heterocycles. The fourth-order valence-corrected chi connectivity index (χ4v) is 2.98. The third-order valence-electron chi connectivity index (χ3n) is 3.66. The molecule has 2 aliphatic carbocycles. The molecule has 13 heavy (non-hydrogen) atoms. The predicted molar refractivity (Wildman–Crippen MR) is 51.4 cm³/mol. The topological polar surface area (TPSA) is 18.5 Å². The van der Waals surface area contributed by atoms with E-state index < -0.39 is 0 Å². The van der Waals surface area contributed by atoms with Crippen molar-refractivity contribution in [3.63, 3.8) is 0 Å². The standard InChI is InChI=1S/C11H20O2/c1-12-8-13-11-6-5-9-3-2-4-10(9)7-11/h9-11H,2-8H2,1H3/t9?,10?,11-/m1/s1. The fraction of sp³-hybridized carbons (Fsp3) is 1.00. The van der Waals surface area contributed by atoms with Crippen LogP contribution in [0.4, 0.5) is 0 Å². The van der Waals surface area contributed by atoms with Crippen LogP contribution in [0.25, 0.3) is 0 Å². The first-order chi connectivity index (χ1) is 6.40. The molecule has 0 aliphatic heterocycles. The summed E-state index contributed by atoms with van der Waals surface area (Å²) in [6, 6.07) is 0. The van der Waals surface area contributed by atoms with Crippen molar-refractivity contribution in [1.82, 2.24) is 0 Å². The Morgan fingerprint density at radius 1 is 1.08 bits per heavy atom. The lowest BCUT2D eigenvalue weighted by Crippen LogP contribution is -2.27. The molecule has 0 radical (unpaired) electrons. The van der Waals surface area contributed by atoms with Gasteiger partial charge in [0.1, 0.15) is 6.79 Å². The zero-order valence-corrected chi connectivity index (χ0v) is 8.50. The van der Waals surface area contributed by atoms with Crippen LogP contribution in [0.5, 0.6) is 0 Å². The second-order valence-electron chi connectivity index (χ2n) is 4.46. The van der Waals surface area contributed by atoms with Gasteiger partial charge in [-0.3, -0.25) is 0 Å². The zero-order valence-electron chi connectivity index (χ0n) is 8.50. The molecule has 3 atom stereocenters. The second kappa shape index (κ2) is 4.43. The summed E-state index contributed by atoms with van der Waals surface area (Å²) >= 11 is 0. The third-order valence-corrected chi connectivity index (χ3v) is 3.66. The van der Waals surface area contributed by atoms with E-state index in [0.29, 0.717) is 12.9 Å². The molecule has 2 heteroatoms. The van der Waals surface area contributed by atoms with Crippen LogP contribution in [0.2, 0.25) is 0 Å². The van der Waals surface area contributed by atoms with Gasteiger partial charge in [0.25, 0.3) is 0 Å². The average molecular weight is 184 g/mol. The van der Waals surface area contributed by atoms with Gasteiger partial charge >= 0.3 is 0 Å². The lowest BCUT2D eigenvalue weighted by atomic mass is 9.80. The van der Waals surface area contributed by atoms with E-state index in [4.69, 9.17) is 9.47 Å². The number of methoxy groups -OCH3 is 1. The summed E-state index contributed by atoms with van der Waals surface area (Å²) in [5, 5.41) is 0. The van der Waals surface area contributed by atoms with Crippen molar-refractivity contribution in [2.24, 2.45) is 11.8 Å². The fourth-order valence-electron chi connectivity index (χ4n) is 2.98. The van der Waals surface area contributed by atoms with Crippen LogP contribution in [-0.2, 0) is 9.47 Å². The molecule has 0 aromatic rings. The minimum absolute atomic E-state index is 0.474. The highest BCUT2D eigenvalue weighted by Gasteiger charge is 2.33. The van der Waals surface area contributed by atoms with Crippen LogP contribution >= 0.6 is 0 Å². The molecule has 2 saturated carbocycles. The van der Waals surface area contributed by atoms with Crippen molar-refractivity contribution in [2.75, 3.05) is 13.9 Å². The molecule has 0 aromatic carbocycles. The van der Waals surface area contributed by atoms with Gasteiger partial charge in [0.15, 0.2) is 0 Å². The van der Waals surface area contributed by atoms with Crippen LogP contribution in [0, 0.1) is 11.8 Å². The smallest absolute Gasteiger partial charge is 0.146 e. The molecular weight excluding hydrogens is 164 g/mol. The molecule has 2 rings (SSSR count). The monoisotopic (exact) mass is 184 g/mol. The van der Waals surface area contributed by atoms with Gasteiger partial charge in [0.2, 0.25) is 0 Å². The van der Waals surface area contributed by atoms with Gasteiger partial charge < -0.3 is 9.47 Å². The molecule has 2 aliphatic rings. The Labute approximate surface area is 80.6 Å². The molecular formula is C11H20O2. The Balaban J connectivity index is 1.76. The van der Waals surface area contributed by atoms with E-state index in [2.05, 4.69) is 0 Å². The van der Waals surface area contributed by atoms with E-state index in [-0.39, 0.29) is 0 Å².